The molecule has 128 valence electrons. The van der Waals surface area contributed by atoms with Crippen molar-refractivity contribution in [1.82, 2.24) is 0 Å². The number of hydrogen-bond donors (Lipinski definition) is 1. The Balaban J connectivity index is 2.31. The second-order valence-electron chi connectivity index (χ2n) is 5.28. The second-order valence-corrected chi connectivity index (χ2v) is 5.28. The molecule has 0 spiro atoms. The Morgan fingerprint density at radius 1 is 1.08 bits per heavy atom. The fraction of sp³-hybridized carbons (Fsp3) is 0.316. The minimum Gasteiger partial charge on any atom is -0.494 e. The van der Waals surface area contributed by atoms with Gasteiger partial charge in [0.15, 0.2) is 0 Å². The van der Waals surface area contributed by atoms with Crippen LogP contribution < -0.4 is 9.47 Å². The smallest absolute Gasteiger partial charge is 0.311 e. The van der Waals surface area contributed by atoms with E-state index in [0.717, 1.165) is 5.56 Å². The molecule has 0 aliphatic heterocycles. The van der Waals surface area contributed by atoms with Crippen LogP contribution in [0.25, 0.3) is 0 Å². The lowest BCUT2D eigenvalue weighted by Gasteiger charge is -2.17. The zero-order chi connectivity index (χ0) is 17.5. The third kappa shape index (κ3) is 4.47. The Hall–Kier alpha value is -2.56. The molecule has 0 heterocycles. The van der Waals surface area contributed by atoms with E-state index in [2.05, 4.69) is 0 Å². The lowest BCUT2D eigenvalue weighted by molar-refractivity contribution is -0.138. The monoisotopic (exact) mass is 332 g/mol. The number of hydrogen-bond acceptors (Lipinski definition) is 3. The van der Waals surface area contributed by atoms with Gasteiger partial charge in [-0.15, -0.1) is 0 Å². The lowest BCUT2D eigenvalue weighted by Crippen LogP contribution is -2.15. The van der Waals surface area contributed by atoms with Crippen molar-refractivity contribution in [2.45, 2.75) is 26.2 Å². The number of carboxylic acids is 1. The molecule has 0 aliphatic carbocycles. The van der Waals surface area contributed by atoms with Crippen molar-refractivity contribution >= 4 is 5.97 Å². The molecule has 0 saturated heterocycles. The fourth-order valence-electron chi connectivity index (χ4n) is 2.51. The Labute approximate surface area is 140 Å². The van der Waals surface area contributed by atoms with E-state index in [4.69, 9.17) is 9.47 Å². The summed E-state index contributed by atoms with van der Waals surface area (Å²) in [4.78, 5) is 11.7. The molecule has 0 bridgehead atoms. The summed E-state index contributed by atoms with van der Waals surface area (Å²) in [6.07, 6.45) is 0.253. The van der Waals surface area contributed by atoms with Gasteiger partial charge < -0.3 is 14.6 Å². The quantitative estimate of drug-likeness (QED) is 0.793. The molecule has 0 saturated carbocycles. The maximum Gasteiger partial charge on any atom is 0.311 e. The first kappa shape index (κ1) is 17.8. The first-order valence-corrected chi connectivity index (χ1v) is 7.92. The zero-order valence-corrected chi connectivity index (χ0v) is 13.8. The number of carbonyl (C=O) groups is 1. The van der Waals surface area contributed by atoms with Crippen LogP contribution in [0.5, 0.6) is 11.5 Å². The molecule has 4 nitrogen and oxygen atoms in total. The number of benzene rings is 2. The molecule has 0 radical (unpaired) electrons. The maximum atomic E-state index is 13.1. The first-order valence-electron chi connectivity index (χ1n) is 7.92. The third-order valence-electron chi connectivity index (χ3n) is 3.64. The fourth-order valence-corrected chi connectivity index (χ4v) is 2.51. The van der Waals surface area contributed by atoms with E-state index in [1.807, 2.05) is 19.9 Å². The summed E-state index contributed by atoms with van der Waals surface area (Å²) in [5.41, 5.74) is 1.33. The molecule has 0 aliphatic rings. The predicted molar refractivity (Wildman–Crippen MR) is 89.3 cm³/mol. The lowest BCUT2D eigenvalue weighted by atomic mass is 9.91. The molecular formula is C19H21FO4. The van der Waals surface area contributed by atoms with Gasteiger partial charge in [0.2, 0.25) is 0 Å². The highest BCUT2D eigenvalue weighted by molar-refractivity contribution is 5.76. The molecule has 0 fully saturated rings. The number of aliphatic carboxylic acids is 1. The van der Waals surface area contributed by atoms with Gasteiger partial charge in [0.05, 0.1) is 19.1 Å². The Bertz CT molecular complexity index is 682. The highest BCUT2D eigenvalue weighted by atomic mass is 19.1. The van der Waals surface area contributed by atoms with E-state index in [-0.39, 0.29) is 12.2 Å². The Morgan fingerprint density at radius 3 is 2.33 bits per heavy atom. The molecule has 0 aromatic heterocycles. The Kier molecular flexibility index (Phi) is 6.18. The van der Waals surface area contributed by atoms with Crippen LogP contribution in [0.2, 0.25) is 0 Å². The SMILES string of the molecule is CCOc1ccc(CC(C(=O)O)c2ccc(F)cc2)c(OCC)c1. The van der Waals surface area contributed by atoms with E-state index >= 15 is 0 Å². The van der Waals surface area contributed by atoms with Crippen LogP contribution in [0.1, 0.15) is 30.9 Å². The van der Waals surface area contributed by atoms with E-state index < -0.39 is 11.9 Å². The molecule has 1 atom stereocenters. The molecule has 5 heteroatoms. The predicted octanol–water partition coefficient (Wildman–Crippen LogP) is 4.03. The van der Waals surface area contributed by atoms with Crippen molar-refractivity contribution in [2.24, 2.45) is 0 Å². The van der Waals surface area contributed by atoms with Crippen LogP contribution in [-0.2, 0) is 11.2 Å². The van der Waals surface area contributed by atoms with Gasteiger partial charge in [-0.05, 0) is 49.6 Å². The molecule has 1 N–H and O–H groups in total. The summed E-state index contributed by atoms with van der Waals surface area (Å²) in [5, 5.41) is 9.56. The van der Waals surface area contributed by atoms with Gasteiger partial charge in [0.25, 0.3) is 0 Å². The highest BCUT2D eigenvalue weighted by Crippen LogP contribution is 2.30. The average molecular weight is 332 g/mol. The van der Waals surface area contributed by atoms with E-state index in [1.54, 1.807) is 12.1 Å². The van der Waals surface area contributed by atoms with Gasteiger partial charge in [0, 0.05) is 6.07 Å². The van der Waals surface area contributed by atoms with Crippen molar-refractivity contribution in [3.63, 3.8) is 0 Å². The van der Waals surface area contributed by atoms with Gasteiger partial charge in [-0.3, -0.25) is 4.79 Å². The van der Waals surface area contributed by atoms with Crippen LogP contribution >= 0.6 is 0 Å². The van der Waals surface area contributed by atoms with Gasteiger partial charge in [-0.25, -0.2) is 4.39 Å². The molecular weight excluding hydrogens is 311 g/mol. The minimum atomic E-state index is -0.960. The third-order valence-corrected chi connectivity index (χ3v) is 3.64. The van der Waals surface area contributed by atoms with Crippen molar-refractivity contribution in [3.05, 3.63) is 59.4 Å². The summed E-state index contributed by atoms with van der Waals surface area (Å²) < 4.78 is 24.2. The number of carboxylic acid groups (broad SMARTS) is 1. The van der Waals surface area contributed by atoms with Gasteiger partial charge >= 0.3 is 5.97 Å². The summed E-state index contributed by atoms with van der Waals surface area (Å²) in [6, 6.07) is 10.9. The van der Waals surface area contributed by atoms with Crippen LogP contribution in [0.3, 0.4) is 0 Å². The van der Waals surface area contributed by atoms with Crippen molar-refractivity contribution < 1.29 is 23.8 Å². The first-order chi connectivity index (χ1) is 11.5. The molecule has 2 rings (SSSR count). The van der Waals surface area contributed by atoms with E-state index in [0.29, 0.717) is 30.3 Å². The van der Waals surface area contributed by atoms with Crippen LogP contribution in [0, 0.1) is 5.82 Å². The van der Waals surface area contributed by atoms with Crippen LogP contribution in [-0.4, -0.2) is 24.3 Å². The zero-order valence-electron chi connectivity index (χ0n) is 13.8. The summed E-state index contributed by atoms with van der Waals surface area (Å²) >= 11 is 0. The van der Waals surface area contributed by atoms with E-state index in [9.17, 15) is 14.3 Å². The standard InChI is InChI=1S/C19H21FO4/c1-3-23-16-10-7-14(18(12-16)24-4-2)11-17(19(21)22)13-5-8-15(20)9-6-13/h5-10,12,17H,3-4,11H2,1-2H3,(H,21,22). The molecule has 24 heavy (non-hydrogen) atoms. The van der Waals surface area contributed by atoms with Crippen molar-refractivity contribution in [2.75, 3.05) is 13.2 Å². The number of halogens is 1. The van der Waals surface area contributed by atoms with Crippen molar-refractivity contribution in [1.29, 1.82) is 0 Å². The average Bonchev–Trinajstić information content (AvgIpc) is 2.55. The maximum absolute atomic E-state index is 13.1. The number of ether oxygens (including phenoxy) is 2. The van der Waals surface area contributed by atoms with Gasteiger partial charge in [-0.2, -0.15) is 0 Å². The normalized spacial score (nSPS) is 11.8. The van der Waals surface area contributed by atoms with Gasteiger partial charge in [-0.1, -0.05) is 18.2 Å². The largest absolute Gasteiger partial charge is 0.494 e. The van der Waals surface area contributed by atoms with Gasteiger partial charge in [0.1, 0.15) is 17.3 Å². The number of rotatable bonds is 8. The minimum absolute atomic E-state index is 0.253. The molecule has 0 amide bonds. The summed E-state index contributed by atoms with van der Waals surface area (Å²) in [5.74, 6) is -0.838. The Morgan fingerprint density at radius 2 is 1.75 bits per heavy atom. The van der Waals surface area contributed by atoms with E-state index in [1.165, 1.54) is 24.3 Å². The molecule has 2 aromatic carbocycles. The molecule has 1 unspecified atom stereocenters. The summed E-state index contributed by atoms with van der Waals surface area (Å²) in [7, 11) is 0. The highest BCUT2D eigenvalue weighted by Gasteiger charge is 2.22. The van der Waals surface area contributed by atoms with Crippen LogP contribution in [0.4, 0.5) is 4.39 Å². The molecule has 2 aromatic rings. The second kappa shape index (κ2) is 8.34. The topological polar surface area (TPSA) is 55.8 Å². The van der Waals surface area contributed by atoms with Crippen LogP contribution in [0.15, 0.2) is 42.5 Å². The van der Waals surface area contributed by atoms with Crippen molar-refractivity contribution in [3.8, 4) is 11.5 Å². The summed E-state index contributed by atoms with van der Waals surface area (Å²) in [6.45, 7) is 4.77.